The van der Waals surface area contributed by atoms with Gasteiger partial charge in [-0.2, -0.15) is 0 Å². The van der Waals surface area contributed by atoms with Crippen LogP contribution in [0.25, 0.3) is 0 Å². The highest BCUT2D eigenvalue weighted by molar-refractivity contribution is 8.17. The molecule has 0 spiro atoms. The normalized spacial score (nSPS) is 25.5. The van der Waals surface area contributed by atoms with Crippen molar-refractivity contribution in [2.24, 2.45) is 10.9 Å². The van der Waals surface area contributed by atoms with E-state index in [1.807, 2.05) is 13.8 Å². The Balaban J connectivity index is 1.74. The summed E-state index contributed by atoms with van der Waals surface area (Å²) in [5, 5.41) is 1.67. The molecule has 0 fully saturated rings. The number of halogens is 1. The molecule has 4 nitrogen and oxygen atoms in total. The van der Waals surface area contributed by atoms with Crippen LogP contribution in [-0.4, -0.2) is 28.3 Å². The number of rotatable bonds is 1. The quantitative estimate of drug-likeness (QED) is 0.687. The molecule has 0 aromatic heterocycles. The Morgan fingerprint density at radius 2 is 2.08 bits per heavy atom. The van der Waals surface area contributed by atoms with Crippen molar-refractivity contribution >= 4 is 57.3 Å². The first-order chi connectivity index (χ1) is 11.4. The maximum absolute atomic E-state index is 13.2. The van der Waals surface area contributed by atoms with Gasteiger partial charge in [0.15, 0.2) is 0 Å². The van der Waals surface area contributed by atoms with Crippen molar-refractivity contribution in [3.8, 4) is 0 Å². The van der Waals surface area contributed by atoms with Crippen LogP contribution in [0.5, 0.6) is 0 Å². The molecule has 1 unspecified atom stereocenters. The summed E-state index contributed by atoms with van der Waals surface area (Å²) >= 11 is 12.9. The van der Waals surface area contributed by atoms with Crippen LogP contribution >= 0.6 is 35.6 Å². The lowest BCUT2D eigenvalue weighted by Crippen LogP contribution is -2.46. The lowest BCUT2D eigenvalue weighted by atomic mass is 9.86. The smallest absolute Gasteiger partial charge is 0.247 e. The third kappa shape index (κ3) is 2.62. The summed E-state index contributed by atoms with van der Waals surface area (Å²) in [7, 11) is 0. The van der Waals surface area contributed by atoms with Crippen molar-refractivity contribution in [3.63, 3.8) is 0 Å². The largest absolute Gasteiger partial charge is 0.370 e. The molecular weight excluding hydrogens is 364 g/mol. The lowest BCUT2D eigenvalue weighted by Gasteiger charge is -2.34. The zero-order valence-electron chi connectivity index (χ0n) is 13.2. The van der Waals surface area contributed by atoms with Gasteiger partial charge in [0, 0.05) is 9.93 Å². The van der Waals surface area contributed by atoms with Gasteiger partial charge in [-0.3, -0.25) is 9.69 Å². The van der Waals surface area contributed by atoms with Crippen molar-refractivity contribution in [2.75, 3.05) is 11.5 Å². The number of ether oxygens (including phenoxy) is 1. The van der Waals surface area contributed by atoms with Crippen LogP contribution < -0.4 is 4.90 Å². The third-order valence-corrected chi connectivity index (χ3v) is 6.03. The zero-order chi connectivity index (χ0) is 17.1. The highest BCUT2D eigenvalue weighted by Crippen LogP contribution is 2.48. The van der Waals surface area contributed by atoms with E-state index >= 15 is 0 Å². The summed E-state index contributed by atoms with van der Waals surface area (Å²) in [6, 6.07) is 7.08. The predicted octanol–water partition coefficient (Wildman–Crippen LogP) is 4.19. The van der Waals surface area contributed by atoms with Gasteiger partial charge in [0.05, 0.1) is 22.9 Å². The van der Waals surface area contributed by atoms with Gasteiger partial charge in [-0.25, -0.2) is 4.99 Å². The number of aliphatic imine (C=N–C) groups is 1. The molecular formula is C17H15ClN2O2S2. The standard InChI is InChI=1S/C17H15ClN2O2S2/c1-17(2)7-11-12(8-22-17)24-14-13(11)15(21)20(16(23)19-14)10-5-3-9(18)4-6-10/h3-6,13H,7-8H2,1-2H3. The molecule has 0 radical (unpaired) electrons. The Labute approximate surface area is 154 Å². The molecule has 0 N–H and O–H groups in total. The van der Waals surface area contributed by atoms with Gasteiger partial charge in [-0.1, -0.05) is 23.4 Å². The molecule has 4 rings (SSSR count). The van der Waals surface area contributed by atoms with Gasteiger partial charge < -0.3 is 4.74 Å². The number of benzene rings is 1. The Bertz CT molecular complexity index is 814. The van der Waals surface area contributed by atoms with Crippen molar-refractivity contribution < 1.29 is 9.53 Å². The van der Waals surface area contributed by atoms with E-state index in [0.29, 0.717) is 17.3 Å². The minimum Gasteiger partial charge on any atom is -0.370 e. The molecule has 3 aliphatic rings. The van der Waals surface area contributed by atoms with E-state index in [9.17, 15) is 4.79 Å². The first-order valence-electron chi connectivity index (χ1n) is 7.61. The molecule has 3 heterocycles. The summed E-state index contributed by atoms with van der Waals surface area (Å²) < 4.78 is 5.87. The number of amides is 1. The molecule has 0 bridgehead atoms. The number of carbonyl (C=O) groups is 1. The number of thioether (sulfide) groups is 1. The number of fused-ring (bicyclic) bond motifs is 2. The molecule has 1 amide bonds. The van der Waals surface area contributed by atoms with Crippen molar-refractivity contribution in [2.45, 2.75) is 25.9 Å². The van der Waals surface area contributed by atoms with Gasteiger partial charge in [0.1, 0.15) is 5.92 Å². The Morgan fingerprint density at radius 1 is 1.38 bits per heavy atom. The Hall–Kier alpha value is -1.21. The summed E-state index contributed by atoms with van der Waals surface area (Å²) in [6.45, 7) is 4.63. The van der Waals surface area contributed by atoms with Crippen molar-refractivity contribution in [1.29, 1.82) is 0 Å². The fourth-order valence-electron chi connectivity index (χ4n) is 3.19. The average molecular weight is 379 g/mol. The summed E-state index contributed by atoms with van der Waals surface area (Å²) in [6.07, 6.45) is 0.728. The van der Waals surface area contributed by atoms with Crippen LogP contribution in [0, 0.1) is 5.92 Å². The van der Waals surface area contributed by atoms with E-state index < -0.39 is 0 Å². The average Bonchev–Trinajstić information content (AvgIpc) is 2.85. The van der Waals surface area contributed by atoms with Crippen molar-refractivity contribution in [3.05, 3.63) is 39.8 Å². The first-order valence-corrected chi connectivity index (χ1v) is 9.22. The maximum Gasteiger partial charge on any atom is 0.247 e. The molecule has 0 saturated heterocycles. The summed E-state index contributed by atoms with van der Waals surface area (Å²) in [5.41, 5.74) is 1.56. The molecule has 3 aliphatic heterocycles. The highest BCUT2D eigenvalue weighted by Gasteiger charge is 2.47. The van der Waals surface area contributed by atoms with E-state index in [-0.39, 0.29) is 22.5 Å². The van der Waals surface area contributed by atoms with Crippen LogP contribution in [0.3, 0.4) is 0 Å². The van der Waals surface area contributed by atoms with E-state index in [4.69, 9.17) is 28.6 Å². The molecule has 24 heavy (non-hydrogen) atoms. The Kier molecular flexibility index (Phi) is 3.84. The SMILES string of the molecule is CC1(C)CC2=C(CO1)SC1=NC(=S)N(c3ccc(Cl)cc3)C(=O)C12. The molecule has 1 aromatic rings. The number of carbonyl (C=O) groups excluding carboxylic acids is 1. The number of hydrogen-bond donors (Lipinski definition) is 0. The molecule has 1 atom stereocenters. The van der Waals surface area contributed by atoms with Crippen LogP contribution in [0.4, 0.5) is 5.69 Å². The number of anilines is 1. The first kappa shape index (κ1) is 16.3. The second-order valence-electron chi connectivity index (χ2n) is 6.59. The zero-order valence-corrected chi connectivity index (χ0v) is 15.6. The van der Waals surface area contributed by atoms with E-state index in [1.54, 1.807) is 24.3 Å². The maximum atomic E-state index is 13.2. The minimum atomic E-state index is -0.337. The van der Waals surface area contributed by atoms with Gasteiger partial charge in [-0.05, 0) is 62.3 Å². The van der Waals surface area contributed by atoms with Crippen LogP contribution in [0.1, 0.15) is 20.3 Å². The van der Waals surface area contributed by atoms with E-state index in [1.165, 1.54) is 16.7 Å². The van der Waals surface area contributed by atoms with Crippen LogP contribution in [0.15, 0.2) is 39.7 Å². The molecule has 1 aromatic carbocycles. The van der Waals surface area contributed by atoms with Gasteiger partial charge in [0.25, 0.3) is 0 Å². The topological polar surface area (TPSA) is 41.9 Å². The van der Waals surface area contributed by atoms with Crippen molar-refractivity contribution in [1.82, 2.24) is 0 Å². The molecule has 124 valence electrons. The summed E-state index contributed by atoms with van der Waals surface area (Å²) in [4.78, 5) is 20.4. The van der Waals surface area contributed by atoms with Gasteiger partial charge in [0.2, 0.25) is 11.0 Å². The summed E-state index contributed by atoms with van der Waals surface area (Å²) in [5.74, 6) is -0.377. The van der Waals surface area contributed by atoms with Crippen LogP contribution in [0.2, 0.25) is 5.02 Å². The van der Waals surface area contributed by atoms with Gasteiger partial charge in [-0.15, -0.1) is 0 Å². The predicted molar refractivity (Wildman–Crippen MR) is 102 cm³/mol. The second-order valence-corrected chi connectivity index (χ2v) is 8.51. The third-order valence-electron chi connectivity index (χ3n) is 4.34. The highest BCUT2D eigenvalue weighted by atomic mass is 35.5. The fraction of sp³-hybridized carbons (Fsp3) is 0.353. The van der Waals surface area contributed by atoms with E-state index in [0.717, 1.165) is 21.9 Å². The lowest BCUT2D eigenvalue weighted by molar-refractivity contribution is -0.119. The Morgan fingerprint density at radius 3 is 2.79 bits per heavy atom. The van der Waals surface area contributed by atoms with E-state index in [2.05, 4.69) is 4.99 Å². The molecule has 0 saturated carbocycles. The monoisotopic (exact) mass is 378 g/mol. The minimum absolute atomic E-state index is 0.0393. The molecule has 0 aliphatic carbocycles. The van der Waals surface area contributed by atoms with Gasteiger partial charge >= 0.3 is 0 Å². The number of hydrogen-bond acceptors (Lipinski definition) is 4. The molecule has 7 heteroatoms. The number of nitrogens with zero attached hydrogens (tertiary/aromatic N) is 2. The van der Waals surface area contributed by atoms with Crippen LogP contribution in [-0.2, 0) is 9.53 Å². The fourth-order valence-corrected chi connectivity index (χ4v) is 4.85. The second kappa shape index (κ2) is 5.66. The number of thiocarbonyl (C=S) groups is 1.